The minimum atomic E-state index is -4.34. The first-order chi connectivity index (χ1) is 12.7. The van der Waals surface area contributed by atoms with Gasteiger partial charge in [0.15, 0.2) is 5.69 Å². The SMILES string of the molecule is CCOC(=O)c1nc(CC)n(-c2ccc(NCC(F)(F)F)cc2OC)c1Cl. The van der Waals surface area contributed by atoms with Crippen LogP contribution in [0.25, 0.3) is 5.69 Å². The molecule has 2 rings (SSSR count). The molecule has 0 saturated carbocycles. The van der Waals surface area contributed by atoms with Crippen LogP contribution in [0.15, 0.2) is 18.2 Å². The fourth-order valence-electron chi connectivity index (χ4n) is 2.43. The fraction of sp³-hybridized carbons (Fsp3) is 0.412. The van der Waals surface area contributed by atoms with Crippen molar-refractivity contribution < 1.29 is 27.4 Å². The summed E-state index contributed by atoms with van der Waals surface area (Å²) in [5.74, 6) is 0.0994. The molecular weight excluding hydrogens is 387 g/mol. The maximum atomic E-state index is 12.4. The van der Waals surface area contributed by atoms with Gasteiger partial charge in [-0.05, 0) is 19.1 Å². The van der Waals surface area contributed by atoms with Gasteiger partial charge in [0.05, 0.1) is 19.4 Å². The van der Waals surface area contributed by atoms with E-state index in [2.05, 4.69) is 10.3 Å². The van der Waals surface area contributed by atoms with Crippen molar-refractivity contribution in [3.05, 3.63) is 34.9 Å². The summed E-state index contributed by atoms with van der Waals surface area (Å²) in [4.78, 5) is 16.3. The molecule has 0 aliphatic heterocycles. The Bertz CT molecular complexity index is 822. The van der Waals surface area contributed by atoms with E-state index in [-0.39, 0.29) is 28.9 Å². The standard InChI is InChI=1S/C17H19ClF3N3O3/c1-4-13-23-14(16(25)27-5-2)15(18)24(13)11-7-6-10(8-12(11)26-3)22-9-17(19,20)21/h6-8,22H,4-5,9H2,1-3H3. The highest BCUT2D eigenvalue weighted by Crippen LogP contribution is 2.32. The van der Waals surface area contributed by atoms with Gasteiger partial charge in [0.2, 0.25) is 0 Å². The van der Waals surface area contributed by atoms with E-state index in [0.29, 0.717) is 17.9 Å². The number of benzene rings is 1. The van der Waals surface area contributed by atoms with Crippen molar-refractivity contribution in [2.24, 2.45) is 0 Å². The second-order valence-electron chi connectivity index (χ2n) is 5.43. The molecule has 1 aromatic heterocycles. The van der Waals surface area contributed by atoms with Gasteiger partial charge in [0.1, 0.15) is 23.3 Å². The van der Waals surface area contributed by atoms with Gasteiger partial charge in [-0.3, -0.25) is 4.57 Å². The maximum Gasteiger partial charge on any atom is 0.405 e. The van der Waals surface area contributed by atoms with Crippen LogP contribution in [0.2, 0.25) is 5.15 Å². The van der Waals surface area contributed by atoms with Crippen molar-refractivity contribution in [3.8, 4) is 11.4 Å². The minimum absolute atomic E-state index is 0.0308. The molecule has 0 amide bonds. The van der Waals surface area contributed by atoms with Gasteiger partial charge in [-0.2, -0.15) is 13.2 Å². The first-order valence-corrected chi connectivity index (χ1v) is 8.52. The van der Waals surface area contributed by atoms with Gasteiger partial charge in [0.25, 0.3) is 0 Å². The molecule has 148 valence electrons. The Hall–Kier alpha value is -2.42. The number of hydrogen-bond donors (Lipinski definition) is 1. The number of nitrogens with one attached hydrogen (secondary N) is 1. The number of aromatic nitrogens is 2. The molecule has 1 aromatic carbocycles. The average molecular weight is 406 g/mol. The topological polar surface area (TPSA) is 65.4 Å². The molecule has 0 aliphatic rings. The lowest BCUT2D eigenvalue weighted by Gasteiger charge is -2.15. The number of rotatable bonds is 7. The van der Waals surface area contributed by atoms with Crippen LogP contribution in [0.5, 0.6) is 5.75 Å². The normalized spacial score (nSPS) is 11.4. The van der Waals surface area contributed by atoms with E-state index in [0.717, 1.165) is 0 Å². The zero-order valence-electron chi connectivity index (χ0n) is 15.0. The van der Waals surface area contributed by atoms with Crippen LogP contribution in [0, 0.1) is 0 Å². The number of alkyl halides is 3. The number of carbonyl (C=O) groups is 1. The molecular formula is C17H19ClF3N3O3. The van der Waals surface area contributed by atoms with Crippen molar-refractivity contribution >= 4 is 23.3 Å². The predicted octanol–water partition coefficient (Wildman–Crippen LogP) is 4.25. The third-order valence-electron chi connectivity index (χ3n) is 3.59. The quantitative estimate of drug-likeness (QED) is 0.698. The largest absolute Gasteiger partial charge is 0.494 e. The van der Waals surface area contributed by atoms with Crippen molar-refractivity contribution in [2.45, 2.75) is 26.4 Å². The Morgan fingerprint density at radius 1 is 1.33 bits per heavy atom. The molecule has 0 aliphatic carbocycles. The molecule has 0 saturated heterocycles. The molecule has 0 radical (unpaired) electrons. The van der Waals surface area contributed by atoms with Crippen molar-refractivity contribution in [3.63, 3.8) is 0 Å². The lowest BCUT2D eigenvalue weighted by Crippen LogP contribution is -2.21. The van der Waals surface area contributed by atoms with Gasteiger partial charge in [-0.1, -0.05) is 18.5 Å². The van der Waals surface area contributed by atoms with E-state index in [4.69, 9.17) is 21.1 Å². The second kappa shape index (κ2) is 8.51. The van der Waals surface area contributed by atoms with E-state index in [1.807, 2.05) is 6.92 Å². The first kappa shape index (κ1) is 20.9. The van der Waals surface area contributed by atoms with Crippen LogP contribution in [-0.4, -0.2) is 42.0 Å². The van der Waals surface area contributed by atoms with Gasteiger partial charge >= 0.3 is 12.1 Å². The number of halogens is 4. The van der Waals surface area contributed by atoms with Crippen molar-refractivity contribution in [1.29, 1.82) is 0 Å². The zero-order chi connectivity index (χ0) is 20.2. The summed E-state index contributed by atoms with van der Waals surface area (Å²) in [6, 6.07) is 4.42. The third kappa shape index (κ3) is 4.85. The molecule has 0 fully saturated rings. The summed E-state index contributed by atoms with van der Waals surface area (Å²) in [5.41, 5.74) is 0.643. The Labute approximate surface area is 159 Å². The van der Waals surface area contributed by atoms with Crippen LogP contribution >= 0.6 is 11.6 Å². The van der Waals surface area contributed by atoms with Gasteiger partial charge in [-0.25, -0.2) is 9.78 Å². The number of aryl methyl sites for hydroxylation is 1. The Kier molecular flexibility index (Phi) is 6.59. The first-order valence-electron chi connectivity index (χ1n) is 8.15. The summed E-state index contributed by atoms with van der Waals surface area (Å²) >= 11 is 6.34. The highest BCUT2D eigenvalue weighted by atomic mass is 35.5. The summed E-state index contributed by atoms with van der Waals surface area (Å²) in [7, 11) is 1.38. The van der Waals surface area contributed by atoms with E-state index < -0.39 is 18.7 Å². The third-order valence-corrected chi connectivity index (χ3v) is 3.94. The number of carbonyl (C=O) groups excluding carboxylic acids is 1. The number of hydrogen-bond acceptors (Lipinski definition) is 5. The summed E-state index contributed by atoms with van der Waals surface area (Å²) in [6.07, 6.45) is -3.89. The highest BCUT2D eigenvalue weighted by molar-refractivity contribution is 6.32. The smallest absolute Gasteiger partial charge is 0.405 e. The van der Waals surface area contributed by atoms with Crippen LogP contribution < -0.4 is 10.1 Å². The molecule has 1 heterocycles. The lowest BCUT2D eigenvalue weighted by molar-refractivity contribution is -0.115. The molecule has 27 heavy (non-hydrogen) atoms. The summed E-state index contributed by atoms with van der Waals surface area (Å²) in [5, 5.41) is 2.33. The van der Waals surface area contributed by atoms with Crippen molar-refractivity contribution in [2.75, 3.05) is 25.6 Å². The molecule has 10 heteroatoms. The number of imidazole rings is 1. The van der Waals surface area contributed by atoms with E-state index >= 15 is 0 Å². The number of ether oxygens (including phenoxy) is 2. The van der Waals surface area contributed by atoms with Crippen LogP contribution in [0.4, 0.5) is 18.9 Å². The van der Waals surface area contributed by atoms with Crippen LogP contribution in [-0.2, 0) is 11.2 Å². The Morgan fingerprint density at radius 3 is 2.59 bits per heavy atom. The maximum absolute atomic E-state index is 12.4. The van der Waals surface area contributed by atoms with E-state index in [9.17, 15) is 18.0 Å². The molecule has 0 bridgehead atoms. The monoisotopic (exact) mass is 405 g/mol. The summed E-state index contributed by atoms with van der Waals surface area (Å²) < 4.78 is 48.9. The van der Waals surface area contributed by atoms with Gasteiger partial charge in [0, 0.05) is 18.2 Å². The Balaban J connectivity index is 2.46. The zero-order valence-corrected chi connectivity index (χ0v) is 15.7. The van der Waals surface area contributed by atoms with Gasteiger partial charge in [-0.15, -0.1) is 0 Å². The van der Waals surface area contributed by atoms with Crippen LogP contribution in [0.3, 0.4) is 0 Å². The van der Waals surface area contributed by atoms with Crippen LogP contribution in [0.1, 0.15) is 30.2 Å². The lowest BCUT2D eigenvalue weighted by atomic mass is 10.2. The molecule has 2 aromatic rings. The predicted molar refractivity (Wildman–Crippen MR) is 95.0 cm³/mol. The number of esters is 1. The number of anilines is 1. The van der Waals surface area contributed by atoms with E-state index in [1.54, 1.807) is 13.0 Å². The molecule has 0 unspecified atom stereocenters. The second-order valence-corrected chi connectivity index (χ2v) is 5.79. The summed E-state index contributed by atoms with van der Waals surface area (Å²) in [6.45, 7) is 2.50. The van der Waals surface area contributed by atoms with E-state index in [1.165, 1.54) is 23.8 Å². The number of nitrogens with zero attached hydrogens (tertiary/aromatic N) is 2. The molecule has 0 atom stereocenters. The van der Waals surface area contributed by atoms with Crippen molar-refractivity contribution in [1.82, 2.24) is 9.55 Å². The average Bonchev–Trinajstić information content (AvgIpc) is 2.95. The van der Waals surface area contributed by atoms with Gasteiger partial charge < -0.3 is 14.8 Å². The minimum Gasteiger partial charge on any atom is -0.494 e. The highest BCUT2D eigenvalue weighted by Gasteiger charge is 2.27. The molecule has 6 nitrogen and oxygen atoms in total. The Morgan fingerprint density at radius 2 is 2.04 bits per heavy atom. The number of methoxy groups -OCH3 is 1. The molecule has 1 N–H and O–H groups in total. The molecule has 0 spiro atoms. The fourth-order valence-corrected chi connectivity index (χ4v) is 2.74.